The molecule has 1 heterocycles. The van der Waals surface area contributed by atoms with Crippen LogP contribution in [0, 0.1) is 0 Å². The van der Waals surface area contributed by atoms with Gasteiger partial charge >= 0.3 is 12.4 Å². The highest BCUT2D eigenvalue weighted by Gasteiger charge is 2.71. The second-order valence-corrected chi connectivity index (χ2v) is 8.05. The predicted octanol–water partition coefficient (Wildman–Crippen LogP) is 5.71. The van der Waals surface area contributed by atoms with Crippen LogP contribution in [0.15, 0.2) is 78.9 Å². The van der Waals surface area contributed by atoms with Crippen LogP contribution in [0.1, 0.15) is 22.7 Å². The number of carbonyl (C=O) groups excluding carboxylic acids is 1. The van der Waals surface area contributed by atoms with E-state index >= 15 is 0 Å². The zero-order valence-electron chi connectivity index (χ0n) is 18.0. The SMILES string of the molecule is O=C(Cc1ccccc1)N1c2ccc(C(O)(C(F)(F)F)C(F)(F)F)cc2OCC1c1ccccc1. The predicted molar refractivity (Wildman–Crippen MR) is 115 cm³/mol. The number of hydrogen-bond acceptors (Lipinski definition) is 3. The van der Waals surface area contributed by atoms with Gasteiger partial charge in [0, 0.05) is 5.56 Å². The Balaban J connectivity index is 1.80. The van der Waals surface area contributed by atoms with Crippen LogP contribution in [0.4, 0.5) is 32.0 Å². The molecule has 1 amide bonds. The molecule has 3 aromatic carbocycles. The number of halogens is 6. The third kappa shape index (κ3) is 4.45. The molecule has 0 spiro atoms. The van der Waals surface area contributed by atoms with Crippen LogP contribution in [-0.4, -0.2) is 30.0 Å². The molecule has 1 atom stereocenters. The Bertz CT molecular complexity index is 1180. The van der Waals surface area contributed by atoms with E-state index in [4.69, 9.17) is 4.74 Å². The number of rotatable bonds is 4. The second-order valence-electron chi connectivity index (χ2n) is 8.05. The maximum Gasteiger partial charge on any atom is 0.430 e. The van der Waals surface area contributed by atoms with E-state index in [1.165, 1.54) is 4.90 Å². The molecule has 35 heavy (non-hydrogen) atoms. The number of alkyl halides is 6. The standard InChI is InChI=1S/C25H19F6NO3/c26-24(27,28)23(34,25(29,30)31)18-11-12-19-21(14-18)35-15-20(17-9-5-2-6-10-17)32(19)22(33)13-16-7-3-1-4-8-16/h1-12,14,20,34H,13,15H2. The van der Waals surface area contributed by atoms with Gasteiger partial charge in [-0.2, -0.15) is 26.3 Å². The van der Waals surface area contributed by atoms with E-state index in [-0.39, 0.29) is 24.5 Å². The van der Waals surface area contributed by atoms with E-state index in [0.29, 0.717) is 23.3 Å². The number of hydrogen-bond donors (Lipinski definition) is 1. The van der Waals surface area contributed by atoms with E-state index in [2.05, 4.69) is 0 Å². The van der Waals surface area contributed by atoms with Crippen LogP contribution in [0.3, 0.4) is 0 Å². The number of carbonyl (C=O) groups is 1. The van der Waals surface area contributed by atoms with Crippen LogP contribution in [0.5, 0.6) is 5.75 Å². The first-order chi connectivity index (χ1) is 16.4. The number of anilines is 1. The number of benzene rings is 3. The fourth-order valence-corrected chi connectivity index (χ4v) is 4.04. The van der Waals surface area contributed by atoms with Gasteiger partial charge in [0.05, 0.1) is 18.2 Å². The quantitative estimate of drug-likeness (QED) is 0.472. The highest BCUT2D eigenvalue weighted by Crippen LogP contribution is 2.52. The number of fused-ring (bicyclic) bond motifs is 1. The Kier molecular flexibility index (Phi) is 6.27. The van der Waals surface area contributed by atoms with E-state index in [1.807, 2.05) is 0 Å². The second kappa shape index (κ2) is 8.92. The topological polar surface area (TPSA) is 49.8 Å². The van der Waals surface area contributed by atoms with E-state index in [9.17, 15) is 36.2 Å². The van der Waals surface area contributed by atoms with Gasteiger partial charge in [0.1, 0.15) is 12.4 Å². The van der Waals surface area contributed by atoms with Gasteiger partial charge in [0.2, 0.25) is 5.91 Å². The zero-order valence-corrected chi connectivity index (χ0v) is 18.0. The van der Waals surface area contributed by atoms with Crippen molar-refractivity contribution in [3.63, 3.8) is 0 Å². The molecule has 0 radical (unpaired) electrons. The van der Waals surface area contributed by atoms with Crippen molar-refractivity contribution in [2.75, 3.05) is 11.5 Å². The molecule has 1 aliphatic rings. The van der Waals surface area contributed by atoms with Gasteiger partial charge in [-0.05, 0) is 23.3 Å². The normalized spacial score (nSPS) is 16.4. The van der Waals surface area contributed by atoms with E-state index < -0.39 is 35.5 Å². The molecule has 1 unspecified atom stereocenters. The van der Waals surface area contributed by atoms with Crippen molar-refractivity contribution in [1.29, 1.82) is 0 Å². The lowest BCUT2D eigenvalue weighted by Gasteiger charge is -2.39. The summed E-state index contributed by atoms with van der Waals surface area (Å²) < 4.78 is 85.8. The molecular formula is C25H19F6NO3. The molecule has 0 saturated heterocycles. The van der Waals surface area contributed by atoms with Gasteiger partial charge in [-0.25, -0.2) is 0 Å². The molecule has 0 saturated carbocycles. The van der Waals surface area contributed by atoms with Crippen LogP contribution < -0.4 is 9.64 Å². The summed E-state index contributed by atoms with van der Waals surface area (Å²) in [4.78, 5) is 14.7. The maximum atomic E-state index is 13.4. The highest BCUT2D eigenvalue weighted by molar-refractivity contribution is 5.97. The molecule has 184 valence electrons. The average Bonchev–Trinajstić information content (AvgIpc) is 2.82. The van der Waals surface area contributed by atoms with Crippen molar-refractivity contribution in [3.05, 3.63) is 95.6 Å². The lowest BCUT2D eigenvalue weighted by Crippen LogP contribution is -2.54. The van der Waals surface area contributed by atoms with Crippen molar-refractivity contribution in [2.24, 2.45) is 0 Å². The Morgan fingerprint density at radius 3 is 2.03 bits per heavy atom. The van der Waals surface area contributed by atoms with Crippen molar-refractivity contribution in [1.82, 2.24) is 0 Å². The summed E-state index contributed by atoms with van der Waals surface area (Å²) in [5, 5.41) is 9.77. The first-order valence-corrected chi connectivity index (χ1v) is 10.5. The van der Waals surface area contributed by atoms with Crippen molar-refractivity contribution < 1.29 is 41.0 Å². The molecule has 1 N–H and O–H groups in total. The molecule has 10 heteroatoms. The fraction of sp³-hybridized carbons (Fsp3) is 0.240. The number of nitrogens with zero attached hydrogens (tertiary/aromatic N) is 1. The third-order valence-corrected chi connectivity index (χ3v) is 5.82. The summed E-state index contributed by atoms with van der Waals surface area (Å²) in [6, 6.07) is 18.7. The number of amides is 1. The first kappa shape index (κ1) is 24.6. The molecule has 1 aliphatic heterocycles. The summed E-state index contributed by atoms with van der Waals surface area (Å²) in [5.41, 5.74) is -5.21. The largest absolute Gasteiger partial charge is 0.489 e. The zero-order chi connectivity index (χ0) is 25.4. The van der Waals surface area contributed by atoms with Crippen molar-refractivity contribution >= 4 is 11.6 Å². The van der Waals surface area contributed by atoms with Gasteiger partial charge in [-0.15, -0.1) is 0 Å². The van der Waals surface area contributed by atoms with Crippen LogP contribution in [-0.2, 0) is 16.8 Å². The average molecular weight is 495 g/mol. The molecule has 0 aromatic heterocycles. The smallest absolute Gasteiger partial charge is 0.430 e. The molecule has 4 rings (SSSR count). The molecule has 4 nitrogen and oxygen atoms in total. The Labute approximate surface area is 196 Å². The lowest BCUT2D eigenvalue weighted by atomic mass is 9.91. The van der Waals surface area contributed by atoms with Crippen molar-refractivity contribution in [3.8, 4) is 5.75 Å². The Hall–Kier alpha value is -3.53. The van der Waals surface area contributed by atoms with Gasteiger partial charge in [-0.3, -0.25) is 9.69 Å². The molecule has 0 aliphatic carbocycles. The third-order valence-electron chi connectivity index (χ3n) is 5.82. The van der Waals surface area contributed by atoms with Crippen molar-refractivity contribution in [2.45, 2.75) is 30.4 Å². The Morgan fingerprint density at radius 2 is 1.46 bits per heavy atom. The highest BCUT2D eigenvalue weighted by atomic mass is 19.4. The minimum Gasteiger partial charge on any atom is -0.489 e. The van der Waals surface area contributed by atoms with Gasteiger partial charge in [0.15, 0.2) is 0 Å². The first-order valence-electron chi connectivity index (χ1n) is 10.5. The summed E-state index contributed by atoms with van der Waals surface area (Å²) in [6.45, 7) is -0.211. The summed E-state index contributed by atoms with van der Waals surface area (Å²) in [5.74, 6) is -0.799. The maximum absolute atomic E-state index is 13.4. The minimum absolute atomic E-state index is 0.00137. The summed E-state index contributed by atoms with van der Waals surface area (Å²) >= 11 is 0. The minimum atomic E-state index is -6.04. The number of aliphatic hydroxyl groups is 1. The molecule has 3 aromatic rings. The van der Waals surface area contributed by atoms with Crippen LogP contribution in [0.25, 0.3) is 0 Å². The monoisotopic (exact) mass is 495 g/mol. The number of ether oxygens (including phenoxy) is 1. The van der Waals surface area contributed by atoms with E-state index in [1.54, 1.807) is 60.7 Å². The molecular weight excluding hydrogens is 476 g/mol. The van der Waals surface area contributed by atoms with E-state index in [0.717, 1.165) is 6.07 Å². The van der Waals surface area contributed by atoms with Gasteiger partial charge in [0.25, 0.3) is 5.60 Å². The molecule has 0 fully saturated rings. The Morgan fingerprint density at radius 1 is 0.886 bits per heavy atom. The van der Waals surface area contributed by atoms with Crippen LogP contribution >= 0.6 is 0 Å². The van der Waals surface area contributed by atoms with Gasteiger partial charge < -0.3 is 9.84 Å². The summed E-state index contributed by atoms with van der Waals surface area (Å²) in [6.07, 6.45) is -12.1. The summed E-state index contributed by atoms with van der Waals surface area (Å²) in [7, 11) is 0. The lowest BCUT2D eigenvalue weighted by molar-refractivity contribution is -0.376. The van der Waals surface area contributed by atoms with Gasteiger partial charge in [-0.1, -0.05) is 66.7 Å². The van der Waals surface area contributed by atoms with Crippen LogP contribution in [0.2, 0.25) is 0 Å². The molecule has 0 bridgehead atoms. The fourth-order valence-electron chi connectivity index (χ4n) is 4.04.